The minimum Gasteiger partial charge on any atom is -0.355 e. The molecule has 2 rings (SSSR count). The van der Waals surface area contributed by atoms with Crippen LogP contribution in [0.3, 0.4) is 0 Å². The molecule has 3 N–H and O–H groups in total. The summed E-state index contributed by atoms with van der Waals surface area (Å²) in [6, 6.07) is 10.7. The molecule has 0 saturated heterocycles. The number of hydrogen-bond acceptors (Lipinski definition) is 4. The van der Waals surface area contributed by atoms with Crippen molar-refractivity contribution in [3.05, 3.63) is 59.2 Å². The van der Waals surface area contributed by atoms with Gasteiger partial charge in [-0.05, 0) is 69.7 Å². The van der Waals surface area contributed by atoms with E-state index in [2.05, 4.69) is 15.4 Å². The van der Waals surface area contributed by atoms with E-state index in [1.54, 1.807) is 45.9 Å². The van der Waals surface area contributed by atoms with Gasteiger partial charge in [-0.2, -0.15) is 0 Å². The molecule has 0 spiro atoms. The number of carbonyl (C=O) groups is 2. The molecule has 0 fully saturated rings. The highest BCUT2D eigenvalue weighted by molar-refractivity contribution is 7.89. The van der Waals surface area contributed by atoms with Crippen LogP contribution in [0.25, 0.3) is 0 Å². The predicted octanol–water partition coefficient (Wildman–Crippen LogP) is 2.68. The largest absolute Gasteiger partial charge is 0.355 e. The highest BCUT2D eigenvalue weighted by Gasteiger charge is 2.22. The maximum Gasteiger partial charge on any atom is 0.255 e. The zero-order valence-electron chi connectivity index (χ0n) is 16.6. The lowest BCUT2D eigenvalue weighted by Gasteiger charge is -2.20. The summed E-state index contributed by atoms with van der Waals surface area (Å²) < 4.78 is 27.3. The zero-order chi connectivity index (χ0) is 21.1. The van der Waals surface area contributed by atoms with Crippen LogP contribution in [0.4, 0.5) is 5.69 Å². The van der Waals surface area contributed by atoms with Crippen LogP contribution >= 0.6 is 0 Å². The topological polar surface area (TPSA) is 104 Å². The monoisotopic (exact) mass is 403 g/mol. The van der Waals surface area contributed by atoms with E-state index in [9.17, 15) is 18.0 Å². The third-order valence-electron chi connectivity index (χ3n) is 3.92. The van der Waals surface area contributed by atoms with E-state index in [1.165, 1.54) is 31.3 Å². The van der Waals surface area contributed by atoms with E-state index < -0.39 is 21.5 Å². The summed E-state index contributed by atoms with van der Waals surface area (Å²) in [7, 11) is -2.13. The van der Waals surface area contributed by atoms with Gasteiger partial charge in [0, 0.05) is 29.4 Å². The highest BCUT2D eigenvalue weighted by Crippen LogP contribution is 2.20. The molecular weight excluding hydrogens is 378 g/mol. The van der Waals surface area contributed by atoms with E-state index in [4.69, 9.17) is 0 Å². The summed E-state index contributed by atoms with van der Waals surface area (Å²) in [5.41, 5.74) is 1.32. The van der Waals surface area contributed by atoms with Crippen LogP contribution in [0, 0.1) is 6.92 Å². The van der Waals surface area contributed by atoms with E-state index in [0.29, 0.717) is 22.4 Å². The van der Waals surface area contributed by atoms with Gasteiger partial charge in [-0.15, -0.1) is 0 Å². The summed E-state index contributed by atoms with van der Waals surface area (Å²) in [6.07, 6.45) is 0. The molecule has 0 aliphatic carbocycles. The normalized spacial score (nSPS) is 11.8. The van der Waals surface area contributed by atoms with E-state index in [1.807, 2.05) is 0 Å². The zero-order valence-corrected chi connectivity index (χ0v) is 17.4. The van der Waals surface area contributed by atoms with Crippen molar-refractivity contribution < 1.29 is 18.0 Å². The Labute approximate surface area is 165 Å². The minimum atomic E-state index is -3.67. The number of benzene rings is 2. The van der Waals surface area contributed by atoms with Gasteiger partial charge in [0.2, 0.25) is 10.0 Å². The van der Waals surface area contributed by atoms with Gasteiger partial charge in [0.1, 0.15) is 0 Å². The first-order chi connectivity index (χ1) is 12.9. The van der Waals surface area contributed by atoms with Crippen molar-refractivity contribution in [2.75, 3.05) is 12.4 Å². The Balaban J connectivity index is 2.22. The standard InChI is InChI=1S/C20H25N3O4S/c1-13-16(19(25)21-5)7-6-8-17(13)22-18(24)14-9-11-15(12-10-14)28(26,27)23-20(2,3)4/h6-12,23H,1-5H3,(H,21,25)(H,22,24). The number of hydrogen-bond donors (Lipinski definition) is 3. The molecule has 7 nitrogen and oxygen atoms in total. The molecule has 2 aromatic rings. The lowest BCUT2D eigenvalue weighted by molar-refractivity contribution is 0.0960. The number of anilines is 1. The smallest absolute Gasteiger partial charge is 0.255 e. The summed E-state index contributed by atoms with van der Waals surface area (Å²) in [6.45, 7) is 7.00. The van der Waals surface area contributed by atoms with E-state index in [-0.39, 0.29) is 10.8 Å². The van der Waals surface area contributed by atoms with Crippen LogP contribution in [0.2, 0.25) is 0 Å². The van der Waals surface area contributed by atoms with Crippen molar-refractivity contribution >= 4 is 27.5 Å². The lowest BCUT2D eigenvalue weighted by atomic mass is 10.1. The molecule has 0 radical (unpaired) electrons. The molecule has 0 atom stereocenters. The molecule has 0 aromatic heterocycles. The van der Waals surface area contributed by atoms with Crippen molar-refractivity contribution in [1.29, 1.82) is 0 Å². The molecule has 0 unspecified atom stereocenters. The first kappa shape index (κ1) is 21.6. The van der Waals surface area contributed by atoms with Gasteiger partial charge < -0.3 is 10.6 Å². The number of carbonyl (C=O) groups excluding carboxylic acids is 2. The second-order valence-corrected chi connectivity index (χ2v) is 9.07. The molecule has 0 heterocycles. The SMILES string of the molecule is CNC(=O)c1cccc(NC(=O)c2ccc(S(=O)(=O)NC(C)(C)C)cc2)c1C. The van der Waals surface area contributed by atoms with Crippen molar-refractivity contribution in [2.45, 2.75) is 38.1 Å². The lowest BCUT2D eigenvalue weighted by Crippen LogP contribution is -2.40. The molecule has 8 heteroatoms. The summed E-state index contributed by atoms with van der Waals surface area (Å²) >= 11 is 0. The predicted molar refractivity (Wildman–Crippen MR) is 109 cm³/mol. The highest BCUT2D eigenvalue weighted by atomic mass is 32.2. The fraction of sp³-hybridized carbons (Fsp3) is 0.300. The average molecular weight is 404 g/mol. The maximum absolute atomic E-state index is 12.5. The molecule has 150 valence electrons. The number of nitrogens with one attached hydrogen (secondary N) is 3. The van der Waals surface area contributed by atoms with Crippen LogP contribution in [0.1, 0.15) is 47.1 Å². The van der Waals surface area contributed by atoms with Gasteiger partial charge in [0.05, 0.1) is 4.90 Å². The van der Waals surface area contributed by atoms with Crippen molar-refractivity contribution in [2.24, 2.45) is 0 Å². The fourth-order valence-corrected chi connectivity index (χ4v) is 4.01. The Morgan fingerprint density at radius 2 is 1.54 bits per heavy atom. The molecule has 0 aliphatic heterocycles. The van der Waals surface area contributed by atoms with Crippen LogP contribution in [-0.2, 0) is 10.0 Å². The van der Waals surface area contributed by atoms with Gasteiger partial charge in [-0.1, -0.05) is 6.07 Å². The summed E-state index contributed by atoms with van der Waals surface area (Å²) in [5.74, 6) is -0.639. The average Bonchev–Trinajstić information content (AvgIpc) is 2.61. The Bertz CT molecular complexity index is 991. The van der Waals surface area contributed by atoms with Crippen LogP contribution in [0.5, 0.6) is 0 Å². The first-order valence-electron chi connectivity index (χ1n) is 8.72. The molecule has 0 saturated carbocycles. The number of sulfonamides is 1. The quantitative estimate of drug-likeness (QED) is 0.714. The third-order valence-corrected chi connectivity index (χ3v) is 5.69. The van der Waals surface area contributed by atoms with Crippen molar-refractivity contribution in [1.82, 2.24) is 10.0 Å². The molecule has 0 aliphatic rings. The Kier molecular flexibility index (Phi) is 6.26. The molecule has 0 bridgehead atoms. The third kappa shape index (κ3) is 5.17. The Hall–Kier alpha value is -2.71. The Morgan fingerprint density at radius 3 is 2.07 bits per heavy atom. The van der Waals surface area contributed by atoms with Crippen molar-refractivity contribution in [3.8, 4) is 0 Å². The maximum atomic E-state index is 12.5. The summed E-state index contributed by atoms with van der Waals surface area (Å²) in [5, 5.41) is 5.31. The molecule has 2 aromatic carbocycles. The number of rotatable bonds is 5. The van der Waals surface area contributed by atoms with Gasteiger partial charge in [0.15, 0.2) is 0 Å². The Morgan fingerprint density at radius 1 is 0.929 bits per heavy atom. The van der Waals surface area contributed by atoms with Gasteiger partial charge in [0.25, 0.3) is 11.8 Å². The first-order valence-corrected chi connectivity index (χ1v) is 10.2. The molecular formula is C20H25N3O4S. The molecule has 28 heavy (non-hydrogen) atoms. The van der Waals surface area contributed by atoms with E-state index in [0.717, 1.165) is 0 Å². The van der Waals surface area contributed by atoms with Gasteiger partial charge in [-0.25, -0.2) is 13.1 Å². The molecule has 2 amide bonds. The van der Waals surface area contributed by atoms with Gasteiger partial charge in [-0.3, -0.25) is 9.59 Å². The minimum absolute atomic E-state index is 0.0803. The van der Waals surface area contributed by atoms with E-state index >= 15 is 0 Å². The van der Waals surface area contributed by atoms with Crippen LogP contribution in [-0.4, -0.2) is 32.8 Å². The van der Waals surface area contributed by atoms with Crippen LogP contribution < -0.4 is 15.4 Å². The number of amides is 2. The van der Waals surface area contributed by atoms with Crippen LogP contribution in [0.15, 0.2) is 47.4 Å². The second-order valence-electron chi connectivity index (χ2n) is 7.39. The second kappa shape index (κ2) is 8.12. The summed E-state index contributed by atoms with van der Waals surface area (Å²) in [4.78, 5) is 24.5. The van der Waals surface area contributed by atoms with Gasteiger partial charge >= 0.3 is 0 Å². The van der Waals surface area contributed by atoms with Crippen molar-refractivity contribution in [3.63, 3.8) is 0 Å². The fourth-order valence-electron chi connectivity index (χ4n) is 2.59.